The number of ether oxygens (including phenoxy) is 2. The van der Waals surface area contributed by atoms with Crippen molar-refractivity contribution in [1.82, 2.24) is 5.32 Å². The standard InChI is InChI=1S/C14H29NO8/c1-14(2,13-12(21)11(20)8(18)6-22-13)23-9(5-16)10(19)7(17)4-15-3/h7-13,15-21H,4-6H2,1-3H3. The first-order valence-electron chi connectivity index (χ1n) is 7.61. The minimum Gasteiger partial charge on any atom is -0.394 e. The number of rotatable bonds is 8. The van der Waals surface area contributed by atoms with E-state index in [9.17, 15) is 30.6 Å². The van der Waals surface area contributed by atoms with Crippen LogP contribution < -0.4 is 5.32 Å². The van der Waals surface area contributed by atoms with Gasteiger partial charge in [-0.25, -0.2) is 0 Å². The summed E-state index contributed by atoms with van der Waals surface area (Å²) in [5.41, 5.74) is -1.20. The van der Waals surface area contributed by atoms with Crippen LogP contribution in [0, 0.1) is 0 Å². The summed E-state index contributed by atoms with van der Waals surface area (Å²) in [6, 6.07) is 0. The van der Waals surface area contributed by atoms with Crippen molar-refractivity contribution in [3.8, 4) is 0 Å². The van der Waals surface area contributed by atoms with Gasteiger partial charge in [-0.2, -0.15) is 0 Å². The van der Waals surface area contributed by atoms with Crippen molar-refractivity contribution in [3.05, 3.63) is 0 Å². The maximum atomic E-state index is 10.1. The van der Waals surface area contributed by atoms with Crippen molar-refractivity contribution in [1.29, 1.82) is 0 Å². The van der Waals surface area contributed by atoms with Crippen molar-refractivity contribution >= 4 is 0 Å². The Labute approximate surface area is 135 Å². The third-order valence-electron chi connectivity index (χ3n) is 4.01. The van der Waals surface area contributed by atoms with Gasteiger partial charge in [-0.3, -0.25) is 0 Å². The molecule has 138 valence electrons. The van der Waals surface area contributed by atoms with Crippen LogP contribution >= 0.6 is 0 Å². The number of aliphatic hydroxyl groups is 6. The van der Waals surface area contributed by atoms with Crippen LogP contribution in [0.4, 0.5) is 0 Å². The van der Waals surface area contributed by atoms with Crippen LogP contribution in [-0.4, -0.2) is 106 Å². The first kappa shape index (κ1) is 20.7. The van der Waals surface area contributed by atoms with Crippen LogP contribution in [0.15, 0.2) is 0 Å². The van der Waals surface area contributed by atoms with Crippen LogP contribution in [-0.2, 0) is 9.47 Å². The van der Waals surface area contributed by atoms with Crippen molar-refractivity contribution in [2.75, 3.05) is 26.8 Å². The molecule has 0 spiro atoms. The fraction of sp³-hybridized carbons (Fsp3) is 1.00. The Morgan fingerprint density at radius 3 is 2.35 bits per heavy atom. The molecule has 1 aliphatic rings. The molecule has 23 heavy (non-hydrogen) atoms. The molecule has 1 rings (SSSR count). The van der Waals surface area contributed by atoms with Crippen molar-refractivity contribution in [2.45, 2.75) is 62.2 Å². The van der Waals surface area contributed by atoms with E-state index in [1.54, 1.807) is 20.9 Å². The SMILES string of the molecule is CNCC(O)C(O)C(CO)OC(C)(C)C1OCC(O)C(O)C1O. The molecule has 1 fully saturated rings. The Morgan fingerprint density at radius 1 is 1.22 bits per heavy atom. The molecule has 0 aromatic rings. The molecule has 9 nitrogen and oxygen atoms in total. The van der Waals surface area contributed by atoms with Crippen molar-refractivity contribution in [3.63, 3.8) is 0 Å². The lowest BCUT2D eigenvalue weighted by molar-refractivity contribution is -0.260. The summed E-state index contributed by atoms with van der Waals surface area (Å²) in [6.07, 6.45) is -8.59. The van der Waals surface area contributed by atoms with Crippen LogP contribution in [0.3, 0.4) is 0 Å². The fourth-order valence-electron chi connectivity index (χ4n) is 2.67. The predicted molar refractivity (Wildman–Crippen MR) is 79.7 cm³/mol. The quantitative estimate of drug-likeness (QED) is 0.239. The molecule has 1 aliphatic heterocycles. The second kappa shape index (κ2) is 8.65. The Morgan fingerprint density at radius 2 is 1.83 bits per heavy atom. The number of aliphatic hydroxyl groups excluding tert-OH is 6. The van der Waals surface area contributed by atoms with Crippen LogP contribution in [0.1, 0.15) is 13.8 Å². The lowest BCUT2D eigenvalue weighted by Crippen LogP contribution is -2.62. The van der Waals surface area contributed by atoms with E-state index in [1.165, 1.54) is 0 Å². The molecule has 0 aliphatic carbocycles. The molecule has 0 bridgehead atoms. The van der Waals surface area contributed by atoms with Crippen LogP contribution in [0.2, 0.25) is 0 Å². The maximum absolute atomic E-state index is 10.1. The molecule has 7 unspecified atom stereocenters. The molecule has 1 heterocycles. The van der Waals surface area contributed by atoms with Gasteiger partial charge in [0.05, 0.1) is 24.9 Å². The monoisotopic (exact) mass is 339 g/mol. The van der Waals surface area contributed by atoms with Crippen LogP contribution in [0.25, 0.3) is 0 Å². The first-order valence-corrected chi connectivity index (χ1v) is 7.61. The molecule has 7 atom stereocenters. The van der Waals surface area contributed by atoms with Gasteiger partial charge in [0.2, 0.25) is 0 Å². The molecule has 1 saturated heterocycles. The zero-order valence-electron chi connectivity index (χ0n) is 13.7. The molecule has 7 N–H and O–H groups in total. The average Bonchev–Trinajstić information content (AvgIpc) is 2.49. The van der Waals surface area contributed by atoms with E-state index in [-0.39, 0.29) is 13.2 Å². The lowest BCUT2D eigenvalue weighted by Gasteiger charge is -2.45. The summed E-state index contributed by atoms with van der Waals surface area (Å²) < 4.78 is 11.0. The molecule has 0 aromatic carbocycles. The van der Waals surface area contributed by atoms with Gasteiger partial charge < -0.3 is 45.4 Å². The predicted octanol–water partition coefficient (Wildman–Crippen LogP) is -3.43. The summed E-state index contributed by atoms with van der Waals surface area (Å²) in [7, 11) is 1.60. The minimum absolute atomic E-state index is 0.106. The van der Waals surface area contributed by atoms with Crippen molar-refractivity contribution in [2.24, 2.45) is 0 Å². The second-order valence-electron chi connectivity index (χ2n) is 6.36. The van der Waals surface area contributed by atoms with E-state index in [4.69, 9.17) is 9.47 Å². The Balaban J connectivity index is 2.78. The topological polar surface area (TPSA) is 152 Å². The van der Waals surface area contributed by atoms with Crippen LogP contribution in [0.5, 0.6) is 0 Å². The Bertz CT molecular complexity index is 356. The summed E-state index contributed by atoms with van der Waals surface area (Å²) in [4.78, 5) is 0. The van der Waals surface area contributed by atoms with E-state index in [2.05, 4.69) is 5.32 Å². The highest BCUT2D eigenvalue weighted by molar-refractivity contribution is 4.96. The van der Waals surface area contributed by atoms with E-state index in [0.29, 0.717) is 0 Å². The van der Waals surface area contributed by atoms with E-state index >= 15 is 0 Å². The maximum Gasteiger partial charge on any atom is 0.114 e. The van der Waals surface area contributed by atoms with Gasteiger partial charge in [0.1, 0.15) is 36.6 Å². The fourth-order valence-corrected chi connectivity index (χ4v) is 2.67. The molecule has 0 radical (unpaired) electrons. The summed E-state index contributed by atoms with van der Waals surface area (Å²) in [5, 5.41) is 61.3. The average molecular weight is 339 g/mol. The van der Waals surface area contributed by atoms with Gasteiger partial charge in [-0.05, 0) is 20.9 Å². The third kappa shape index (κ3) is 5.05. The highest BCUT2D eigenvalue weighted by Gasteiger charge is 2.47. The van der Waals surface area contributed by atoms with Gasteiger partial charge in [0.15, 0.2) is 0 Å². The van der Waals surface area contributed by atoms with Gasteiger partial charge in [0, 0.05) is 6.54 Å². The zero-order chi connectivity index (χ0) is 17.8. The molecule has 0 amide bonds. The molecular weight excluding hydrogens is 310 g/mol. The summed E-state index contributed by atoms with van der Waals surface area (Å²) >= 11 is 0. The summed E-state index contributed by atoms with van der Waals surface area (Å²) in [6.45, 7) is 2.50. The zero-order valence-corrected chi connectivity index (χ0v) is 13.7. The number of hydrogen-bond donors (Lipinski definition) is 7. The van der Waals surface area contributed by atoms with E-state index in [1.807, 2.05) is 0 Å². The molecule has 0 aromatic heterocycles. The molecule has 9 heteroatoms. The Hall–Kier alpha value is -0.360. The number of hydrogen-bond acceptors (Lipinski definition) is 9. The minimum atomic E-state index is -1.40. The second-order valence-corrected chi connectivity index (χ2v) is 6.36. The number of likely N-dealkylation sites (N-methyl/N-ethyl adjacent to an activating group) is 1. The Kier molecular flexibility index (Phi) is 7.78. The highest BCUT2D eigenvalue weighted by atomic mass is 16.6. The van der Waals surface area contributed by atoms with E-state index < -0.39 is 54.9 Å². The lowest BCUT2D eigenvalue weighted by atomic mass is 9.89. The van der Waals surface area contributed by atoms with Gasteiger partial charge in [0.25, 0.3) is 0 Å². The van der Waals surface area contributed by atoms with Gasteiger partial charge in [-0.1, -0.05) is 0 Å². The summed E-state index contributed by atoms with van der Waals surface area (Å²) in [5.74, 6) is 0. The van der Waals surface area contributed by atoms with E-state index in [0.717, 1.165) is 0 Å². The third-order valence-corrected chi connectivity index (χ3v) is 4.01. The largest absolute Gasteiger partial charge is 0.394 e. The van der Waals surface area contributed by atoms with Crippen molar-refractivity contribution < 1.29 is 40.1 Å². The highest BCUT2D eigenvalue weighted by Crippen LogP contribution is 2.29. The molecule has 0 saturated carbocycles. The van der Waals surface area contributed by atoms with Gasteiger partial charge in [-0.15, -0.1) is 0 Å². The first-order chi connectivity index (χ1) is 10.7. The normalized spacial score (nSPS) is 33.3. The smallest absolute Gasteiger partial charge is 0.114 e. The number of nitrogens with one attached hydrogen (secondary N) is 1. The molecular formula is C14H29NO8. The van der Waals surface area contributed by atoms with Gasteiger partial charge >= 0.3 is 0 Å².